The summed E-state index contributed by atoms with van der Waals surface area (Å²) in [7, 11) is 2.88. The first-order valence-corrected chi connectivity index (χ1v) is 11.3. The third-order valence-electron chi connectivity index (χ3n) is 5.40. The van der Waals surface area contributed by atoms with E-state index in [0.717, 1.165) is 0 Å². The zero-order valence-corrected chi connectivity index (χ0v) is 20.5. The molecule has 1 heterocycles. The lowest BCUT2D eigenvalue weighted by atomic mass is 9.97. The Hall–Kier alpha value is -3.44. The average Bonchev–Trinajstić information content (AvgIpc) is 2.91. The van der Waals surface area contributed by atoms with Crippen LogP contribution in [0, 0.1) is 5.82 Å². The van der Waals surface area contributed by atoms with E-state index < -0.39 is 17.3 Å². The molecule has 0 fully saturated rings. The van der Waals surface area contributed by atoms with Crippen LogP contribution >= 0.6 is 11.6 Å². The number of nitrogens with zero attached hydrogens (tertiary/aromatic N) is 1. The first-order chi connectivity index (χ1) is 17.3. The molecule has 9 nitrogen and oxygen atoms in total. The van der Waals surface area contributed by atoms with Crippen molar-refractivity contribution in [3.05, 3.63) is 70.6 Å². The van der Waals surface area contributed by atoms with Gasteiger partial charge in [0.05, 0.1) is 38.1 Å². The Labute approximate surface area is 212 Å². The number of amides is 1. The highest BCUT2D eigenvalue weighted by Gasteiger charge is 2.31. The van der Waals surface area contributed by atoms with Gasteiger partial charge in [-0.15, -0.1) is 0 Å². The second-order valence-corrected chi connectivity index (χ2v) is 8.14. The lowest BCUT2D eigenvalue weighted by Gasteiger charge is -2.27. The molecular weight excluding hydrogens is 493 g/mol. The number of rotatable bonds is 11. The Morgan fingerprint density at radius 1 is 1.11 bits per heavy atom. The predicted molar refractivity (Wildman–Crippen MR) is 132 cm³/mol. The summed E-state index contributed by atoms with van der Waals surface area (Å²) >= 11 is 5.93. The molecule has 5 N–H and O–H groups in total. The highest BCUT2D eigenvalue weighted by molar-refractivity contribution is 6.31. The monoisotopic (exact) mass is 519 g/mol. The van der Waals surface area contributed by atoms with E-state index in [1.165, 1.54) is 50.6 Å². The van der Waals surface area contributed by atoms with Crippen LogP contribution in [0.15, 0.2) is 48.5 Å². The van der Waals surface area contributed by atoms with Crippen molar-refractivity contribution in [1.29, 1.82) is 0 Å². The summed E-state index contributed by atoms with van der Waals surface area (Å²) in [6.07, 6.45) is 0. The molecule has 3 rings (SSSR count). The van der Waals surface area contributed by atoms with E-state index in [-0.39, 0.29) is 42.6 Å². The fourth-order valence-electron chi connectivity index (χ4n) is 3.40. The zero-order valence-electron chi connectivity index (χ0n) is 19.8. The number of aromatic nitrogens is 1. The van der Waals surface area contributed by atoms with Gasteiger partial charge in [-0.05, 0) is 48.5 Å². The number of nitrogens with two attached hydrogens (primary N) is 1. The van der Waals surface area contributed by atoms with Crippen LogP contribution in [-0.2, 0) is 5.60 Å². The van der Waals surface area contributed by atoms with Gasteiger partial charge in [-0.2, -0.15) is 0 Å². The number of carbonyl (C=O) groups is 1. The van der Waals surface area contributed by atoms with Gasteiger partial charge in [-0.3, -0.25) is 4.79 Å². The van der Waals surface area contributed by atoms with Crippen LogP contribution in [0.3, 0.4) is 0 Å². The zero-order chi connectivity index (χ0) is 26.3. The van der Waals surface area contributed by atoms with Crippen molar-refractivity contribution >= 4 is 17.5 Å². The molecule has 3 aromatic rings. The Morgan fingerprint density at radius 3 is 2.47 bits per heavy atom. The first kappa shape index (κ1) is 27.2. The fraction of sp³-hybridized carbons (Fsp3) is 0.280. The van der Waals surface area contributed by atoms with Gasteiger partial charge < -0.3 is 35.5 Å². The van der Waals surface area contributed by atoms with Gasteiger partial charge >= 0.3 is 0 Å². The summed E-state index contributed by atoms with van der Waals surface area (Å²) in [5, 5.41) is 22.8. The van der Waals surface area contributed by atoms with Gasteiger partial charge in [0.25, 0.3) is 5.91 Å². The number of pyridine rings is 1. The quantitative estimate of drug-likeness (QED) is 0.303. The Kier molecular flexibility index (Phi) is 9.05. The van der Waals surface area contributed by atoms with Gasteiger partial charge in [-0.25, -0.2) is 9.37 Å². The Bertz CT molecular complexity index is 1230. The van der Waals surface area contributed by atoms with Crippen LogP contribution in [0.1, 0.15) is 16.1 Å². The largest absolute Gasteiger partial charge is 0.494 e. The molecule has 0 saturated heterocycles. The molecule has 192 valence electrons. The fourth-order valence-corrected chi connectivity index (χ4v) is 3.58. The minimum absolute atomic E-state index is 0.0758. The molecule has 1 unspecified atom stereocenters. The van der Waals surface area contributed by atoms with Gasteiger partial charge in [0.1, 0.15) is 29.5 Å². The van der Waals surface area contributed by atoms with E-state index in [0.29, 0.717) is 28.5 Å². The molecule has 0 aliphatic carbocycles. The Morgan fingerprint density at radius 2 is 1.83 bits per heavy atom. The maximum atomic E-state index is 13.7. The van der Waals surface area contributed by atoms with Crippen molar-refractivity contribution < 1.29 is 33.6 Å². The van der Waals surface area contributed by atoms with E-state index in [9.17, 15) is 14.3 Å². The van der Waals surface area contributed by atoms with Crippen LogP contribution in [0.2, 0.25) is 5.02 Å². The molecular formula is C25H27ClFN3O6. The summed E-state index contributed by atoms with van der Waals surface area (Å²) in [5.41, 5.74) is 5.37. The van der Waals surface area contributed by atoms with Crippen molar-refractivity contribution in [1.82, 2.24) is 10.3 Å². The van der Waals surface area contributed by atoms with Crippen LogP contribution in [-0.4, -0.2) is 61.6 Å². The normalized spacial score (nSPS) is 12.5. The third kappa shape index (κ3) is 6.03. The number of methoxy groups -OCH3 is 2. The number of hydrogen-bond donors (Lipinski definition) is 4. The number of halogens is 2. The van der Waals surface area contributed by atoms with Crippen molar-refractivity contribution in [3.63, 3.8) is 0 Å². The van der Waals surface area contributed by atoms with Gasteiger partial charge in [0.2, 0.25) is 0 Å². The predicted octanol–water partition coefficient (Wildman–Crippen LogP) is 2.51. The molecule has 36 heavy (non-hydrogen) atoms. The number of aliphatic hydroxyl groups is 2. The first-order valence-electron chi connectivity index (χ1n) is 10.9. The van der Waals surface area contributed by atoms with Gasteiger partial charge in [-0.1, -0.05) is 11.6 Å². The van der Waals surface area contributed by atoms with E-state index in [2.05, 4.69) is 10.3 Å². The number of benzene rings is 2. The average molecular weight is 520 g/mol. The van der Waals surface area contributed by atoms with Crippen LogP contribution in [0.25, 0.3) is 11.3 Å². The number of ether oxygens (including phenoxy) is 3. The molecule has 1 atom stereocenters. The lowest BCUT2D eigenvalue weighted by Crippen LogP contribution is -2.46. The number of nitrogens with one attached hydrogen (secondary N) is 1. The summed E-state index contributed by atoms with van der Waals surface area (Å²) in [4.78, 5) is 17.3. The summed E-state index contributed by atoms with van der Waals surface area (Å²) in [6.45, 7) is -0.603. The molecule has 0 radical (unpaired) electrons. The lowest BCUT2D eigenvalue weighted by molar-refractivity contribution is 0.0395. The number of hydrogen-bond acceptors (Lipinski definition) is 8. The summed E-state index contributed by atoms with van der Waals surface area (Å²) in [6, 6.07) is 11.8. The van der Waals surface area contributed by atoms with Crippen molar-refractivity contribution in [3.8, 4) is 28.5 Å². The molecule has 11 heteroatoms. The minimum Gasteiger partial charge on any atom is -0.494 e. The van der Waals surface area contributed by atoms with Crippen molar-refractivity contribution in [2.75, 3.05) is 40.5 Å². The summed E-state index contributed by atoms with van der Waals surface area (Å²) < 4.78 is 29.6. The molecule has 2 aromatic carbocycles. The highest BCUT2D eigenvalue weighted by atomic mass is 35.5. The van der Waals surface area contributed by atoms with Gasteiger partial charge in [0, 0.05) is 17.7 Å². The number of carbonyl (C=O) groups excluding carboxylic acids is 1. The minimum atomic E-state index is -1.73. The molecule has 0 aliphatic heterocycles. The smallest absolute Gasteiger partial charge is 0.251 e. The molecule has 0 saturated carbocycles. The summed E-state index contributed by atoms with van der Waals surface area (Å²) in [5.74, 6) is -0.0169. The molecule has 0 aliphatic rings. The standard InChI is InChI=1S/C25H27ClFN3O6/c1-34-20-7-8-22(30-23(20)15-3-5-18(27)17(26)11-15)25(33,13-28)14-29-24(32)16-4-6-19(36-10-9-31)21(12-16)35-2/h3-8,11-12,31,33H,9-10,13-14,28H2,1-2H3,(H,29,32). The maximum Gasteiger partial charge on any atom is 0.251 e. The Balaban J connectivity index is 1.84. The molecule has 1 amide bonds. The maximum absolute atomic E-state index is 13.7. The number of aliphatic hydroxyl groups excluding tert-OH is 1. The van der Waals surface area contributed by atoms with E-state index >= 15 is 0 Å². The second-order valence-electron chi connectivity index (χ2n) is 7.73. The third-order valence-corrected chi connectivity index (χ3v) is 5.69. The van der Waals surface area contributed by atoms with Crippen molar-refractivity contribution in [2.45, 2.75) is 5.60 Å². The SMILES string of the molecule is COc1cc(C(=O)NCC(O)(CN)c2ccc(OC)c(-c3ccc(F)c(Cl)c3)n2)ccc1OCCO. The van der Waals surface area contributed by atoms with Gasteiger partial charge in [0.15, 0.2) is 11.5 Å². The van der Waals surface area contributed by atoms with E-state index in [1.807, 2.05) is 0 Å². The topological polar surface area (TPSA) is 136 Å². The molecule has 0 bridgehead atoms. The van der Waals surface area contributed by atoms with E-state index in [1.54, 1.807) is 12.1 Å². The van der Waals surface area contributed by atoms with Crippen LogP contribution in [0.4, 0.5) is 4.39 Å². The molecule has 0 spiro atoms. The van der Waals surface area contributed by atoms with Crippen LogP contribution < -0.4 is 25.3 Å². The van der Waals surface area contributed by atoms with Crippen LogP contribution in [0.5, 0.6) is 17.2 Å². The molecule has 1 aromatic heterocycles. The van der Waals surface area contributed by atoms with Crippen molar-refractivity contribution in [2.24, 2.45) is 5.73 Å². The second kappa shape index (κ2) is 12.0. The highest BCUT2D eigenvalue weighted by Crippen LogP contribution is 2.33. The van der Waals surface area contributed by atoms with E-state index in [4.69, 9.17) is 36.7 Å².